The average Bonchev–Trinajstić information content (AvgIpc) is 2.47. The van der Waals surface area contributed by atoms with Crippen LogP contribution in [-0.2, 0) is 4.74 Å². The molecule has 0 aliphatic carbocycles. The van der Waals surface area contributed by atoms with Gasteiger partial charge in [-0.2, -0.15) is 5.26 Å². The second kappa shape index (κ2) is 12.1. The molecule has 0 aromatic heterocycles. The Balaban J connectivity index is 3.83. The summed E-state index contributed by atoms with van der Waals surface area (Å²) in [4.78, 5) is 2.42. The number of nitrogens with one attached hydrogen (secondary N) is 1. The monoisotopic (exact) mass is 283 g/mol. The van der Waals surface area contributed by atoms with E-state index >= 15 is 0 Å². The maximum atomic E-state index is 9.27. The van der Waals surface area contributed by atoms with E-state index in [-0.39, 0.29) is 5.54 Å². The summed E-state index contributed by atoms with van der Waals surface area (Å²) in [5.41, 5.74) is -0.363. The van der Waals surface area contributed by atoms with Gasteiger partial charge in [0.2, 0.25) is 0 Å². The first-order valence-corrected chi connectivity index (χ1v) is 8.08. The zero-order valence-electron chi connectivity index (χ0n) is 13.9. The highest BCUT2D eigenvalue weighted by atomic mass is 16.5. The molecule has 118 valence electrons. The molecule has 0 bridgehead atoms. The molecule has 0 aromatic carbocycles. The van der Waals surface area contributed by atoms with E-state index in [1.54, 1.807) is 0 Å². The number of likely N-dealkylation sites (N-methyl/N-ethyl adjacent to an activating group) is 1. The van der Waals surface area contributed by atoms with Crippen LogP contribution in [0.3, 0.4) is 0 Å². The summed E-state index contributed by atoms with van der Waals surface area (Å²) in [5.74, 6) is 0. The maximum absolute atomic E-state index is 9.27. The first-order valence-electron chi connectivity index (χ1n) is 8.08. The van der Waals surface area contributed by atoms with Crippen LogP contribution in [0.5, 0.6) is 0 Å². The van der Waals surface area contributed by atoms with Gasteiger partial charge in [0, 0.05) is 13.2 Å². The molecule has 4 nitrogen and oxygen atoms in total. The normalized spacial score (nSPS) is 14.2. The summed E-state index contributed by atoms with van der Waals surface area (Å²) in [7, 11) is 0. The van der Waals surface area contributed by atoms with Crippen LogP contribution < -0.4 is 5.32 Å². The van der Waals surface area contributed by atoms with Crippen LogP contribution in [0, 0.1) is 11.3 Å². The largest absolute Gasteiger partial charge is 0.380 e. The van der Waals surface area contributed by atoms with Gasteiger partial charge in [-0.3, -0.25) is 5.32 Å². The van der Waals surface area contributed by atoms with Crippen molar-refractivity contribution in [3.63, 3.8) is 0 Å². The van der Waals surface area contributed by atoms with Crippen LogP contribution in [0.4, 0.5) is 0 Å². The molecule has 0 aliphatic heterocycles. The van der Waals surface area contributed by atoms with Crippen molar-refractivity contribution in [2.75, 3.05) is 39.4 Å². The number of nitriles is 1. The fourth-order valence-corrected chi connectivity index (χ4v) is 2.16. The van der Waals surface area contributed by atoms with E-state index < -0.39 is 0 Å². The second-order valence-corrected chi connectivity index (χ2v) is 5.46. The Morgan fingerprint density at radius 1 is 1.20 bits per heavy atom. The van der Waals surface area contributed by atoms with Crippen molar-refractivity contribution >= 4 is 0 Å². The van der Waals surface area contributed by atoms with Crippen LogP contribution in [0.2, 0.25) is 0 Å². The highest BCUT2D eigenvalue weighted by Gasteiger charge is 2.21. The smallest absolute Gasteiger partial charge is 0.103 e. The molecule has 0 aliphatic rings. The van der Waals surface area contributed by atoms with E-state index in [1.807, 2.05) is 13.8 Å². The average molecular weight is 283 g/mol. The van der Waals surface area contributed by atoms with Crippen LogP contribution in [-0.4, -0.2) is 49.8 Å². The molecule has 0 amide bonds. The van der Waals surface area contributed by atoms with Crippen LogP contribution >= 0.6 is 0 Å². The zero-order chi connectivity index (χ0) is 15.3. The third kappa shape index (κ3) is 9.30. The van der Waals surface area contributed by atoms with E-state index in [0.717, 1.165) is 65.1 Å². The molecular formula is C16H33N3O. The summed E-state index contributed by atoms with van der Waals surface area (Å²) in [6.07, 6.45) is 4.22. The summed E-state index contributed by atoms with van der Waals surface area (Å²) in [6.45, 7) is 14.1. The molecule has 0 aromatic rings. The predicted octanol–water partition coefficient (Wildman–Crippen LogP) is 2.80. The minimum atomic E-state index is -0.363. The van der Waals surface area contributed by atoms with Crippen molar-refractivity contribution in [3.8, 4) is 6.07 Å². The van der Waals surface area contributed by atoms with Crippen molar-refractivity contribution < 1.29 is 4.74 Å². The predicted molar refractivity (Wildman–Crippen MR) is 84.8 cm³/mol. The molecule has 1 atom stereocenters. The minimum Gasteiger partial charge on any atom is -0.380 e. The number of ether oxygens (including phenoxy) is 1. The molecule has 0 saturated carbocycles. The first kappa shape index (κ1) is 19.4. The maximum Gasteiger partial charge on any atom is 0.103 e. The molecule has 0 rings (SSSR count). The van der Waals surface area contributed by atoms with Crippen molar-refractivity contribution in [1.29, 1.82) is 5.26 Å². The Bertz CT molecular complexity index is 265. The van der Waals surface area contributed by atoms with E-state index in [0.29, 0.717) is 0 Å². The third-order valence-corrected chi connectivity index (χ3v) is 3.62. The second-order valence-electron chi connectivity index (χ2n) is 5.46. The SMILES string of the molecule is CCCNC(C)(C#N)CCCCN(CC)CCOCC. The van der Waals surface area contributed by atoms with E-state index in [9.17, 15) is 5.26 Å². The lowest BCUT2D eigenvalue weighted by atomic mass is 9.96. The topological polar surface area (TPSA) is 48.3 Å². The van der Waals surface area contributed by atoms with Gasteiger partial charge in [0.25, 0.3) is 0 Å². The standard InChI is InChI=1S/C16H33N3O/c1-5-11-18-16(4,15-17)10-8-9-12-19(6-2)13-14-20-7-3/h18H,5-14H2,1-4H3. The quantitative estimate of drug-likeness (QED) is 0.528. The van der Waals surface area contributed by atoms with Gasteiger partial charge in [0.05, 0.1) is 12.7 Å². The van der Waals surface area contributed by atoms with Gasteiger partial charge in [0.15, 0.2) is 0 Å². The van der Waals surface area contributed by atoms with Gasteiger partial charge in [-0.15, -0.1) is 0 Å². The number of hydrogen-bond acceptors (Lipinski definition) is 4. The van der Waals surface area contributed by atoms with Crippen LogP contribution in [0.1, 0.15) is 53.4 Å². The van der Waals surface area contributed by atoms with Gasteiger partial charge in [0.1, 0.15) is 5.54 Å². The summed E-state index contributed by atoms with van der Waals surface area (Å²) >= 11 is 0. The molecule has 0 heterocycles. The molecular weight excluding hydrogens is 250 g/mol. The van der Waals surface area contributed by atoms with Gasteiger partial charge >= 0.3 is 0 Å². The molecule has 1 N–H and O–H groups in total. The molecule has 20 heavy (non-hydrogen) atoms. The van der Waals surface area contributed by atoms with Crippen LogP contribution in [0.15, 0.2) is 0 Å². The Hall–Kier alpha value is -0.630. The van der Waals surface area contributed by atoms with E-state index in [2.05, 4.69) is 30.1 Å². The van der Waals surface area contributed by atoms with Gasteiger partial charge in [-0.1, -0.05) is 13.8 Å². The highest BCUT2D eigenvalue weighted by molar-refractivity contribution is 5.03. The Morgan fingerprint density at radius 3 is 2.50 bits per heavy atom. The molecule has 4 heteroatoms. The van der Waals surface area contributed by atoms with Crippen LogP contribution in [0.25, 0.3) is 0 Å². The van der Waals surface area contributed by atoms with Crippen molar-refractivity contribution in [2.24, 2.45) is 0 Å². The lowest BCUT2D eigenvalue weighted by molar-refractivity contribution is 0.114. The van der Waals surface area contributed by atoms with Gasteiger partial charge < -0.3 is 9.64 Å². The van der Waals surface area contributed by atoms with E-state index in [4.69, 9.17) is 4.74 Å². The lowest BCUT2D eigenvalue weighted by Crippen LogP contribution is -2.41. The number of unbranched alkanes of at least 4 members (excludes halogenated alkanes) is 1. The Kier molecular flexibility index (Phi) is 11.8. The summed E-state index contributed by atoms with van der Waals surface area (Å²) < 4.78 is 5.39. The molecule has 1 unspecified atom stereocenters. The lowest BCUT2D eigenvalue weighted by Gasteiger charge is -2.24. The number of nitrogens with zero attached hydrogens (tertiary/aromatic N) is 2. The van der Waals surface area contributed by atoms with Gasteiger partial charge in [-0.25, -0.2) is 0 Å². The third-order valence-electron chi connectivity index (χ3n) is 3.62. The number of hydrogen-bond donors (Lipinski definition) is 1. The minimum absolute atomic E-state index is 0.363. The number of rotatable bonds is 13. The summed E-state index contributed by atoms with van der Waals surface area (Å²) in [6, 6.07) is 2.41. The van der Waals surface area contributed by atoms with Crippen molar-refractivity contribution in [1.82, 2.24) is 10.2 Å². The van der Waals surface area contributed by atoms with E-state index in [1.165, 1.54) is 0 Å². The fourth-order valence-electron chi connectivity index (χ4n) is 2.16. The zero-order valence-corrected chi connectivity index (χ0v) is 13.9. The molecule has 0 radical (unpaired) electrons. The molecule has 0 fully saturated rings. The Morgan fingerprint density at radius 2 is 1.95 bits per heavy atom. The van der Waals surface area contributed by atoms with Crippen molar-refractivity contribution in [2.45, 2.75) is 58.9 Å². The highest BCUT2D eigenvalue weighted by Crippen LogP contribution is 2.13. The first-order chi connectivity index (χ1) is 9.61. The molecule has 0 spiro atoms. The van der Waals surface area contributed by atoms with Gasteiger partial charge in [-0.05, 0) is 59.2 Å². The summed E-state index contributed by atoms with van der Waals surface area (Å²) in [5, 5.41) is 12.6. The van der Waals surface area contributed by atoms with Crippen molar-refractivity contribution in [3.05, 3.63) is 0 Å². The Labute approximate surface area is 125 Å². The fraction of sp³-hybridized carbons (Fsp3) is 0.938. The molecule has 0 saturated heterocycles.